The fourth-order valence-corrected chi connectivity index (χ4v) is 5.36. The summed E-state index contributed by atoms with van der Waals surface area (Å²) in [6.45, 7) is 8.85. The van der Waals surface area contributed by atoms with Crippen molar-refractivity contribution in [3.63, 3.8) is 0 Å². The number of aromatic nitrogens is 5. The molecule has 2 aromatic carbocycles. The van der Waals surface area contributed by atoms with E-state index in [1.54, 1.807) is 24.4 Å². The topological polar surface area (TPSA) is 103 Å². The van der Waals surface area contributed by atoms with E-state index in [4.69, 9.17) is 0 Å². The molecule has 1 aliphatic heterocycles. The van der Waals surface area contributed by atoms with Crippen LogP contribution in [0.3, 0.4) is 0 Å². The Morgan fingerprint density at radius 3 is 2.40 bits per heavy atom. The van der Waals surface area contributed by atoms with Crippen molar-refractivity contribution in [2.24, 2.45) is 0 Å². The molecule has 0 radical (unpaired) electrons. The lowest BCUT2D eigenvalue weighted by atomic mass is 9.79. The SMILES string of the molecule is CN(c1ncc(-c2ccc(-c3cc(F)c4nc[nH]c4c3)cc2O)nn1)C1CC(C)(C)NC(C)(C)C1. The van der Waals surface area contributed by atoms with Gasteiger partial charge < -0.3 is 20.3 Å². The van der Waals surface area contributed by atoms with E-state index < -0.39 is 5.82 Å². The maximum atomic E-state index is 14.4. The molecule has 182 valence electrons. The van der Waals surface area contributed by atoms with Crippen molar-refractivity contribution in [2.75, 3.05) is 11.9 Å². The van der Waals surface area contributed by atoms with Crippen LogP contribution in [0, 0.1) is 5.82 Å². The van der Waals surface area contributed by atoms with Gasteiger partial charge in [0.05, 0.1) is 18.0 Å². The third kappa shape index (κ3) is 4.55. The largest absolute Gasteiger partial charge is 0.507 e. The van der Waals surface area contributed by atoms with Gasteiger partial charge in [-0.1, -0.05) is 6.07 Å². The number of aromatic hydroxyl groups is 1. The summed E-state index contributed by atoms with van der Waals surface area (Å²) in [5, 5.41) is 23.1. The molecule has 1 fully saturated rings. The van der Waals surface area contributed by atoms with Crippen LogP contribution in [-0.4, -0.2) is 54.4 Å². The summed E-state index contributed by atoms with van der Waals surface area (Å²) in [6.07, 6.45) is 5.01. The first-order chi connectivity index (χ1) is 16.5. The summed E-state index contributed by atoms with van der Waals surface area (Å²) >= 11 is 0. The number of halogens is 1. The van der Waals surface area contributed by atoms with Crippen molar-refractivity contribution in [2.45, 2.75) is 57.7 Å². The van der Waals surface area contributed by atoms with E-state index in [0.29, 0.717) is 33.8 Å². The van der Waals surface area contributed by atoms with Crippen molar-refractivity contribution in [1.82, 2.24) is 30.5 Å². The number of piperidine rings is 1. The normalized spacial score (nSPS) is 17.5. The van der Waals surface area contributed by atoms with E-state index in [1.165, 1.54) is 12.4 Å². The number of phenols is 1. The number of hydrogen-bond acceptors (Lipinski definition) is 7. The lowest BCUT2D eigenvalue weighted by molar-refractivity contribution is 0.160. The maximum Gasteiger partial charge on any atom is 0.245 e. The van der Waals surface area contributed by atoms with Crippen LogP contribution in [0.4, 0.5) is 10.3 Å². The molecule has 0 atom stereocenters. The molecule has 0 saturated carbocycles. The number of benzene rings is 2. The molecule has 4 aromatic rings. The summed E-state index contributed by atoms with van der Waals surface area (Å²) in [4.78, 5) is 13.5. The maximum absolute atomic E-state index is 14.4. The molecule has 3 N–H and O–H groups in total. The quantitative estimate of drug-likeness (QED) is 0.394. The molecule has 2 aromatic heterocycles. The molecule has 0 bridgehead atoms. The van der Waals surface area contributed by atoms with Gasteiger partial charge >= 0.3 is 0 Å². The van der Waals surface area contributed by atoms with Gasteiger partial charge in [0.15, 0.2) is 5.82 Å². The minimum atomic E-state index is -0.419. The molecule has 1 saturated heterocycles. The van der Waals surface area contributed by atoms with Crippen LogP contribution in [0.1, 0.15) is 40.5 Å². The predicted molar refractivity (Wildman–Crippen MR) is 135 cm³/mol. The average molecular weight is 476 g/mol. The Kier molecular flexibility index (Phi) is 5.47. The predicted octanol–water partition coefficient (Wildman–Crippen LogP) is 4.67. The number of nitrogens with one attached hydrogen (secondary N) is 2. The van der Waals surface area contributed by atoms with Crippen LogP contribution >= 0.6 is 0 Å². The first-order valence-corrected chi connectivity index (χ1v) is 11.7. The highest BCUT2D eigenvalue weighted by molar-refractivity contribution is 5.83. The molecule has 1 aliphatic rings. The Morgan fingerprint density at radius 2 is 1.74 bits per heavy atom. The number of H-pyrrole nitrogens is 1. The average Bonchev–Trinajstić information content (AvgIpc) is 3.26. The lowest BCUT2D eigenvalue weighted by Crippen LogP contribution is -2.62. The summed E-state index contributed by atoms with van der Waals surface area (Å²) in [7, 11) is 2.00. The van der Waals surface area contributed by atoms with Crippen LogP contribution in [0.5, 0.6) is 5.75 Å². The van der Waals surface area contributed by atoms with Crippen LogP contribution in [0.25, 0.3) is 33.4 Å². The van der Waals surface area contributed by atoms with Gasteiger partial charge in [0, 0.05) is 29.7 Å². The van der Waals surface area contributed by atoms with Crippen LogP contribution in [-0.2, 0) is 0 Å². The molecule has 0 spiro atoms. The number of phenolic OH excluding ortho intramolecular Hbond substituents is 1. The van der Waals surface area contributed by atoms with E-state index in [-0.39, 0.29) is 28.4 Å². The molecule has 9 heteroatoms. The Bertz CT molecular complexity index is 1360. The lowest BCUT2D eigenvalue weighted by Gasteiger charge is -2.48. The summed E-state index contributed by atoms with van der Waals surface area (Å²) in [5.41, 5.74) is 3.18. The monoisotopic (exact) mass is 475 g/mol. The second kappa shape index (κ2) is 8.27. The first kappa shape index (κ1) is 23.2. The first-order valence-electron chi connectivity index (χ1n) is 11.7. The smallest absolute Gasteiger partial charge is 0.245 e. The zero-order valence-corrected chi connectivity index (χ0v) is 20.6. The van der Waals surface area contributed by atoms with Gasteiger partial charge in [-0.3, -0.25) is 0 Å². The van der Waals surface area contributed by atoms with E-state index in [1.807, 2.05) is 13.1 Å². The Morgan fingerprint density at radius 1 is 1.00 bits per heavy atom. The highest BCUT2D eigenvalue weighted by atomic mass is 19.1. The molecule has 5 rings (SSSR count). The van der Waals surface area contributed by atoms with E-state index in [2.05, 4.69) is 63.1 Å². The van der Waals surface area contributed by atoms with Gasteiger partial charge in [-0.2, -0.15) is 0 Å². The number of hydrogen-bond donors (Lipinski definition) is 3. The Hall–Kier alpha value is -3.59. The van der Waals surface area contributed by atoms with Crippen molar-refractivity contribution < 1.29 is 9.50 Å². The van der Waals surface area contributed by atoms with E-state index in [0.717, 1.165) is 12.8 Å². The second-order valence-corrected chi connectivity index (χ2v) is 10.7. The summed E-state index contributed by atoms with van der Waals surface area (Å²) in [6, 6.07) is 8.63. The molecule has 8 nitrogen and oxygen atoms in total. The third-order valence-electron chi connectivity index (χ3n) is 6.67. The number of anilines is 1. The number of imidazole rings is 1. The zero-order chi connectivity index (χ0) is 25.0. The molecule has 3 heterocycles. The molecule has 35 heavy (non-hydrogen) atoms. The summed E-state index contributed by atoms with van der Waals surface area (Å²) in [5.74, 6) is 0.149. The fourth-order valence-electron chi connectivity index (χ4n) is 5.36. The number of aromatic amines is 1. The van der Waals surface area contributed by atoms with Gasteiger partial charge in [-0.05, 0) is 75.9 Å². The molecular formula is C26H30FN7O. The van der Waals surface area contributed by atoms with Crippen molar-refractivity contribution in [3.8, 4) is 28.1 Å². The van der Waals surface area contributed by atoms with Gasteiger partial charge in [0.25, 0.3) is 0 Å². The number of nitrogens with zero attached hydrogens (tertiary/aromatic N) is 5. The van der Waals surface area contributed by atoms with Crippen molar-refractivity contribution >= 4 is 17.0 Å². The molecule has 0 aliphatic carbocycles. The zero-order valence-electron chi connectivity index (χ0n) is 20.6. The molecule has 0 unspecified atom stereocenters. The van der Waals surface area contributed by atoms with Crippen molar-refractivity contribution in [3.05, 3.63) is 48.7 Å². The van der Waals surface area contributed by atoms with E-state index >= 15 is 0 Å². The standard InChI is InChI=1S/C26H30FN7O/c1-25(2)11-17(12-26(3,4)33-25)34(5)24-28-13-21(31-32-24)18-7-6-15(10-22(18)35)16-8-19(27)23-20(9-16)29-14-30-23/h6-10,13-14,17,33,35H,11-12H2,1-5H3,(H,29,30). The van der Waals surface area contributed by atoms with Crippen molar-refractivity contribution in [1.29, 1.82) is 0 Å². The highest BCUT2D eigenvalue weighted by Gasteiger charge is 2.39. The molecular weight excluding hydrogens is 445 g/mol. The van der Waals surface area contributed by atoms with Crippen LogP contribution in [0.15, 0.2) is 42.9 Å². The van der Waals surface area contributed by atoms with Gasteiger partial charge in [0.1, 0.15) is 17.0 Å². The number of rotatable bonds is 4. The minimum Gasteiger partial charge on any atom is -0.507 e. The number of fused-ring (bicyclic) bond motifs is 1. The molecule has 0 amide bonds. The Labute approximate surface area is 203 Å². The highest BCUT2D eigenvalue weighted by Crippen LogP contribution is 2.35. The van der Waals surface area contributed by atoms with Crippen LogP contribution < -0.4 is 10.2 Å². The second-order valence-electron chi connectivity index (χ2n) is 10.7. The van der Waals surface area contributed by atoms with Gasteiger partial charge in [-0.15, -0.1) is 10.2 Å². The van der Waals surface area contributed by atoms with Gasteiger partial charge in [0.2, 0.25) is 5.95 Å². The fraction of sp³-hybridized carbons (Fsp3) is 0.385. The van der Waals surface area contributed by atoms with E-state index in [9.17, 15) is 9.50 Å². The minimum absolute atomic E-state index is 0.00636. The van der Waals surface area contributed by atoms with Gasteiger partial charge in [-0.25, -0.2) is 14.4 Å². The van der Waals surface area contributed by atoms with Crippen LogP contribution in [0.2, 0.25) is 0 Å². The summed E-state index contributed by atoms with van der Waals surface area (Å²) < 4.78 is 14.4. The Balaban J connectivity index is 1.38. The third-order valence-corrected chi connectivity index (χ3v) is 6.67.